The number of aryl methyl sites for hydroxylation is 3. The molecule has 26 heavy (non-hydrogen) atoms. The lowest BCUT2D eigenvalue weighted by atomic mass is 9.93. The number of carboxylic acid groups (broad SMARTS) is 1. The minimum Gasteiger partial charge on any atom is -0.478 e. The van der Waals surface area contributed by atoms with E-state index in [9.17, 15) is 14.3 Å². The van der Waals surface area contributed by atoms with Gasteiger partial charge in [-0.1, -0.05) is 11.2 Å². The Balaban J connectivity index is 2.17. The Morgan fingerprint density at radius 3 is 2.35 bits per heavy atom. The van der Waals surface area contributed by atoms with Crippen molar-refractivity contribution >= 4 is 5.97 Å². The minimum atomic E-state index is -1.01. The van der Waals surface area contributed by atoms with Crippen LogP contribution in [0, 0.1) is 40.4 Å². The third kappa shape index (κ3) is 2.87. The molecule has 134 valence electrons. The monoisotopic (exact) mass is 354 g/mol. The van der Waals surface area contributed by atoms with Crippen LogP contribution >= 0.6 is 0 Å². The molecular weight excluding hydrogens is 335 g/mol. The van der Waals surface area contributed by atoms with E-state index in [-0.39, 0.29) is 22.8 Å². The number of hydrogen-bond donors (Lipinski definition) is 1. The summed E-state index contributed by atoms with van der Waals surface area (Å²) in [6.07, 6.45) is 0. The van der Waals surface area contributed by atoms with Gasteiger partial charge in [-0.3, -0.25) is 0 Å². The van der Waals surface area contributed by atoms with Gasteiger partial charge in [-0.15, -0.1) is 0 Å². The topological polar surface area (TPSA) is 76.2 Å². The van der Waals surface area contributed by atoms with Crippen LogP contribution in [0.25, 0.3) is 22.8 Å². The van der Waals surface area contributed by atoms with Crippen molar-refractivity contribution in [3.63, 3.8) is 0 Å². The molecule has 0 spiro atoms. The zero-order chi connectivity index (χ0) is 19.2. The van der Waals surface area contributed by atoms with Crippen molar-refractivity contribution in [3.8, 4) is 22.8 Å². The largest absolute Gasteiger partial charge is 0.478 e. The van der Waals surface area contributed by atoms with Gasteiger partial charge in [-0.2, -0.15) is 4.98 Å². The molecular formula is C20H19FN2O3. The predicted octanol–water partition coefficient (Wildman–Crippen LogP) is 4.78. The molecule has 0 fully saturated rings. The lowest BCUT2D eigenvalue weighted by Crippen LogP contribution is -2.06. The lowest BCUT2D eigenvalue weighted by Gasteiger charge is -2.12. The SMILES string of the molecule is Cc1cc(C)c(F)c(-c2nc(-c3cc(C)c(C)c(C(=O)O)c3C)no2)c1. The Morgan fingerprint density at radius 1 is 1.00 bits per heavy atom. The highest BCUT2D eigenvalue weighted by molar-refractivity contribution is 5.93. The summed E-state index contributed by atoms with van der Waals surface area (Å²) in [5.41, 5.74) is 4.46. The van der Waals surface area contributed by atoms with Crippen LogP contribution < -0.4 is 0 Å². The molecule has 0 atom stereocenters. The van der Waals surface area contributed by atoms with Crippen LogP contribution in [-0.4, -0.2) is 21.2 Å². The number of aromatic nitrogens is 2. The Bertz CT molecular complexity index is 1040. The van der Waals surface area contributed by atoms with Crippen LogP contribution in [0.1, 0.15) is 38.2 Å². The first-order valence-electron chi connectivity index (χ1n) is 8.16. The molecule has 0 radical (unpaired) electrons. The van der Waals surface area contributed by atoms with Gasteiger partial charge < -0.3 is 9.63 Å². The van der Waals surface area contributed by atoms with Gasteiger partial charge in [0.05, 0.1) is 11.1 Å². The average molecular weight is 354 g/mol. The molecule has 0 aliphatic carbocycles. The quantitative estimate of drug-likeness (QED) is 0.732. The molecule has 6 heteroatoms. The summed E-state index contributed by atoms with van der Waals surface area (Å²) < 4.78 is 19.7. The van der Waals surface area contributed by atoms with E-state index in [4.69, 9.17) is 4.52 Å². The summed E-state index contributed by atoms with van der Waals surface area (Å²) in [7, 11) is 0. The van der Waals surface area contributed by atoms with Crippen molar-refractivity contribution < 1.29 is 18.8 Å². The molecule has 3 rings (SSSR count). The fraction of sp³-hybridized carbons (Fsp3) is 0.250. The second-order valence-corrected chi connectivity index (χ2v) is 6.54. The first kappa shape index (κ1) is 17.8. The number of benzene rings is 2. The first-order chi connectivity index (χ1) is 12.2. The normalized spacial score (nSPS) is 11.0. The van der Waals surface area contributed by atoms with E-state index in [0.29, 0.717) is 22.3 Å². The number of aromatic carboxylic acids is 1. The smallest absolute Gasteiger partial charge is 0.336 e. The van der Waals surface area contributed by atoms with Crippen molar-refractivity contribution in [2.75, 3.05) is 0 Å². The molecule has 0 aliphatic rings. The highest BCUT2D eigenvalue weighted by atomic mass is 19.1. The fourth-order valence-corrected chi connectivity index (χ4v) is 3.15. The van der Waals surface area contributed by atoms with Crippen LogP contribution in [0.3, 0.4) is 0 Å². The zero-order valence-corrected chi connectivity index (χ0v) is 15.3. The van der Waals surface area contributed by atoms with E-state index < -0.39 is 11.8 Å². The Hall–Kier alpha value is -3.02. The molecule has 2 aromatic carbocycles. The van der Waals surface area contributed by atoms with Crippen molar-refractivity contribution in [1.29, 1.82) is 0 Å². The number of halogens is 1. The maximum atomic E-state index is 14.4. The first-order valence-corrected chi connectivity index (χ1v) is 8.16. The lowest BCUT2D eigenvalue weighted by molar-refractivity contribution is 0.0695. The number of carboxylic acids is 1. The van der Waals surface area contributed by atoms with Crippen molar-refractivity contribution in [1.82, 2.24) is 10.1 Å². The van der Waals surface area contributed by atoms with Crippen molar-refractivity contribution in [2.45, 2.75) is 34.6 Å². The van der Waals surface area contributed by atoms with Crippen LogP contribution in [0.4, 0.5) is 4.39 Å². The van der Waals surface area contributed by atoms with Crippen LogP contribution in [0.2, 0.25) is 0 Å². The van der Waals surface area contributed by atoms with E-state index in [1.807, 2.05) is 19.9 Å². The molecule has 0 saturated heterocycles. The third-order valence-corrected chi connectivity index (χ3v) is 4.62. The van der Waals surface area contributed by atoms with Crippen LogP contribution in [0.15, 0.2) is 22.7 Å². The van der Waals surface area contributed by atoms with E-state index in [2.05, 4.69) is 10.1 Å². The second kappa shape index (κ2) is 6.37. The van der Waals surface area contributed by atoms with E-state index in [1.165, 1.54) is 0 Å². The summed E-state index contributed by atoms with van der Waals surface area (Å²) in [6.45, 7) is 8.84. The third-order valence-electron chi connectivity index (χ3n) is 4.62. The van der Waals surface area contributed by atoms with Crippen LogP contribution in [-0.2, 0) is 0 Å². The molecule has 0 aliphatic heterocycles. The van der Waals surface area contributed by atoms with Gasteiger partial charge in [-0.05, 0) is 74.6 Å². The number of hydrogen-bond acceptors (Lipinski definition) is 4. The minimum absolute atomic E-state index is 0.0683. The number of nitrogens with zero attached hydrogens (tertiary/aromatic N) is 2. The summed E-state index contributed by atoms with van der Waals surface area (Å²) in [5, 5.41) is 13.5. The molecule has 0 bridgehead atoms. The van der Waals surface area contributed by atoms with E-state index in [0.717, 1.165) is 11.1 Å². The highest BCUT2D eigenvalue weighted by Crippen LogP contribution is 2.31. The molecule has 0 amide bonds. The van der Waals surface area contributed by atoms with Gasteiger partial charge in [0.15, 0.2) is 0 Å². The summed E-state index contributed by atoms with van der Waals surface area (Å²) in [4.78, 5) is 15.9. The second-order valence-electron chi connectivity index (χ2n) is 6.54. The summed E-state index contributed by atoms with van der Waals surface area (Å²) in [5.74, 6) is -1.11. The summed E-state index contributed by atoms with van der Waals surface area (Å²) in [6, 6.07) is 5.21. The molecule has 3 aromatic rings. The van der Waals surface area contributed by atoms with Gasteiger partial charge in [0.25, 0.3) is 5.89 Å². The van der Waals surface area contributed by atoms with Gasteiger partial charge in [0.1, 0.15) is 5.82 Å². The number of rotatable bonds is 3. The van der Waals surface area contributed by atoms with E-state index in [1.54, 1.807) is 32.9 Å². The standard InChI is InChI=1S/C20H19FN2O3/c1-9-6-11(3)17(21)15(7-9)19-22-18(23-26-19)14-8-10(2)12(4)16(13(14)5)20(24)25/h6-8H,1-5H3,(H,24,25). The van der Waals surface area contributed by atoms with Gasteiger partial charge in [0.2, 0.25) is 5.82 Å². The van der Waals surface area contributed by atoms with Gasteiger partial charge >= 0.3 is 5.97 Å². The molecule has 1 heterocycles. The van der Waals surface area contributed by atoms with Crippen molar-refractivity contribution in [3.05, 3.63) is 57.4 Å². The Morgan fingerprint density at radius 2 is 1.69 bits per heavy atom. The van der Waals surface area contributed by atoms with Crippen LogP contribution in [0.5, 0.6) is 0 Å². The molecule has 0 unspecified atom stereocenters. The number of carbonyl (C=O) groups is 1. The van der Waals surface area contributed by atoms with Gasteiger partial charge in [0, 0.05) is 5.56 Å². The molecule has 1 aromatic heterocycles. The summed E-state index contributed by atoms with van der Waals surface area (Å²) >= 11 is 0. The molecule has 1 N–H and O–H groups in total. The molecule has 5 nitrogen and oxygen atoms in total. The van der Waals surface area contributed by atoms with Crippen molar-refractivity contribution in [2.24, 2.45) is 0 Å². The zero-order valence-electron chi connectivity index (χ0n) is 15.3. The van der Waals surface area contributed by atoms with E-state index >= 15 is 0 Å². The Kier molecular flexibility index (Phi) is 4.36. The maximum Gasteiger partial charge on any atom is 0.336 e. The predicted molar refractivity (Wildman–Crippen MR) is 95.8 cm³/mol. The molecule has 0 saturated carbocycles. The maximum absolute atomic E-state index is 14.4. The fourth-order valence-electron chi connectivity index (χ4n) is 3.15. The Labute approximate surface area is 150 Å². The average Bonchev–Trinajstić information content (AvgIpc) is 3.03. The highest BCUT2D eigenvalue weighted by Gasteiger charge is 2.21. The van der Waals surface area contributed by atoms with Gasteiger partial charge in [-0.25, -0.2) is 9.18 Å².